The number of halogens is 1. The van der Waals surface area contributed by atoms with Crippen LogP contribution in [0.3, 0.4) is 0 Å². The number of amides is 1. The van der Waals surface area contributed by atoms with Gasteiger partial charge in [-0.3, -0.25) is 9.10 Å². The molecule has 1 aliphatic rings. The molecule has 0 aromatic heterocycles. The summed E-state index contributed by atoms with van der Waals surface area (Å²) in [4.78, 5) is 12.3. The van der Waals surface area contributed by atoms with Crippen LogP contribution in [-0.2, 0) is 19.6 Å². The van der Waals surface area contributed by atoms with E-state index in [0.29, 0.717) is 42.6 Å². The van der Waals surface area contributed by atoms with E-state index in [4.69, 9.17) is 21.1 Å². The van der Waals surface area contributed by atoms with Crippen molar-refractivity contribution in [2.75, 3.05) is 36.9 Å². The van der Waals surface area contributed by atoms with Crippen LogP contribution in [-0.4, -0.2) is 53.0 Å². The molecular weight excluding hydrogens is 356 g/mol. The summed E-state index contributed by atoms with van der Waals surface area (Å²) in [5.41, 5.74) is 0.338. The van der Waals surface area contributed by atoms with Gasteiger partial charge in [0.05, 0.1) is 18.5 Å². The van der Waals surface area contributed by atoms with E-state index in [-0.39, 0.29) is 12.5 Å². The third kappa shape index (κ3) is 4.75. The zero-order valence-electron chi connectivity index (χ0n) is 13.6. The van der Waals surface area contributed by atoms with Crippen LogP contribution < -0.4 is 14.4 Å². The van der Waals surface area contributed by atoms with Gasteiger partial charge in [0.1, 0.15) is 5.75 Å². The summed E-state index contributed by atoms with van der Waals surface area (Å²) in [6.45, 7) is 3.42. The Morgan fingerprint density at radius 1 is 1.50 bits per heavy atom. The maximum atomic E-state index is 12.3. The van der Waals surface area contributed by atoms with E-state index in [0.717, 1.165) is 10.6 Å². The fraction of sp³-hybridized carbons (Fsp3) is 0.533. The van der Waals surface area contributed by atoms with E-state index in [9.17, 15) is 13.2 Å². The van der Waals surface area contributed by atoms with Crippen molar-refractivity contribution >= 4 is 33.2 Å². The molecule has 1 amide bonds. The Morgan fingerprint density at radius 2 is 2.25 bits per heavy atom. The molecule has 0 aliphatic carbocycles. The second-order valence-corrected chi connectivity index (χ2v) is 7.70. The number of sulfonamides is 1. The molecule has 0 bridgehead atoms. The molecule has 1 atom stereocenters. The molecule has 24 heavy (non-hydrogen) atoms. The molecule has 0 radical (unpaired) electrons. The number of carbonyl (C=O) groups is 1. The lowest BCUT2D eigenvalue weighted by Crippen LogP contribution is -2.50. The minimum atomic E-state index is -3.56. The van der Waals surface area contributed by atoms with E-state index in [2.05, 4.69) is 5.32 Å². The summed E-state index contributed by atoms with van der Waals surface area (Å²) in [5.74, 6) is -0.0497. The van der Waals surface area contributed by atoms with Gasteiger partial charge in [-0.2, -0.15) is 0 Å². The van der Waals surface area contributed by atoms with Gasteiger partial charge in [0.25, 0.3) is 5.91 Å². The Hall–Kier alpha value is -1.51. The van der Waals surface area contributed by atoms with E-state index in [1.807, 2.05) is 6.92 Å². The molecule has 0 fully saturated rings. The molecule has 7 nitrogen and oxygen atoms in total. The van der Waals surface area contributed by atoms with Crippen molar-refractivity contribution in [1.82, 2.24) is 5.32 Å². The quantitative estimate of drug-likeness (QED) is 0.727. The average molecular weight is 377 g/mol. The lowest BCUT2D eigenvalue weighted by atomic mass is 10.2. The normalized spacial score (nSPS) is 17.1. The highest BCUT2D eigenvalue weighted by Gasteiger charge is 2.35. The van der Waals surface area contributed by atoms with Crippen LogP contribution >= 0.6 is 11.6 Å². The van der Waals surface area contributed by atoms with Crippen molar-refractivity contribution in [3.8, 4) is 5.75 Å². The molecule has 0 saturated heterocycles. The van der Waals surface area contributed by atoms with Crippen LogP contribution in [0.1, 0.15) is 13.3 Å². The number of benzene rings is 1. The molecule has 1 aliphatic heterocycles. The van der Waals surface area contributed by atoms with Crippen LogP contribution in [0.4, 0.5) is 5.69 Å². The smallest absolute Gasteiger partial charge is 0.263 e. The molecule has 0 unspecified atom stereocenters. The standard InChI is InChI=1S/C15H21ClN2O5S/c1-3-22-8-4-7-17-15(19)14-10-18(24(2,20)21)12-9-11(16)5-6-13(12)23-14/h5-6,9,14H,3-4,7-8,10H2,1-2H3,(H,17,19)/t14-/m0/s1. The lowest BCUT2D eigenvalue weighted by Gasteiger charge is -2.34. The van der Waals surface area contributed by atoms with E-state index in [1.54, 1.807) is 12.1 Å². The molecule has 0 saturated carbocycles. The fourth-order valence-corrected chi connectivity index (χ4v) is 3.39. The van der Waals surface area contributed by atoms with Crippen LogP contribution in [0.15, 0.2) is 18.2 Å². The Morgan fingerprint density at radius 3 is 2.92 bits per heavy atom. The predicted molar refractivity (Wildman–Crippen MR) is 92.2 cm³/mol. The van der Waals surface area contributed by atoms with E-state index in [1.165, 1.54) is 6.07 Å². The summed E-state index contributed by atoms with van der Waals surface area (Å²) in [6, 6.07) is 4.65. The summed E-state index contributed by atoms with van der Waals surface area (Å²) in [7, 11) is -3.56. The lowest BCUT2D eigenvalue weighted by molar-refractivity contribution is -0.127. The first-order chi connectivity index (χ1) is 11.3. The number of nitrogens with zero attached hydrogens (tertiary/aromatic N) is 1. The van der Waals surface area contributed by atoms with Crippen molar-refractivity contribution in [2.45, 2.75) is 19.4 Å². The Balaban J connectivity index is 2.09. The average Bonchev–Trinajstić information content (AvgIpc) is 2.52. The van der Waals surface area contributed by atoms with Crippen molar-refractivity contribution in [3.63, 3.8) is 0 Å². The number of ether oxygens (including phenoxy) is 2. The molecule has 1 aromatic rings. The number of rotatable bonds is 7. The number of nitrogens with one attached hydrogen (secondary N) is 1. The highest BCUT2D eigenvalue weighted by molar-refractivity contribution is 7.92. The number of carbonyl (C=O) groups excluding carboxylic acids is 1. The van der Waals surface area contributed by atoms with Gasteiger partial charge >= 0.3 is 0 Å². The molecule has 134 valence electrons. The van der Waals surface area contributed by atoms with Crippen molar-refractivity contribution in [2.24, 2.45) is 0 Å². The highest BCUT2D eigenvalue weighted by Crippen LogP contribution is 2.36. The molecule has 2 rings (SSSR count). The molecule has 1 aromatic carbocycles. The van der Waals surface area contributed by atoms with Gasteiger partial charge in [-0.05, 0) is 31.5 Å². The van der Waals surface area contributed by atoms with E-state index < -0.39 is 16.1 Å². The van der Waals surface area contributed by atoms with Gasteiger partial charge in [0.15, 0.2) is 6.10 Å². The van der Waals surface area contributed by atoms with Gasteiger partial charge in [0.2, 0.25) is 10.0 Å². The van der Waals surface area contributed by atoms with Gasteiger partial charge in [-0.15, -0.1) is 0 Å². The van der Waals surface area contributed by atoms with Gasteiger partial charge in [0, 0.05) is 24.8 Å². The number of anilines is 1. The minimum Gasteiger partial charge on any atom is -0.476 e. The summed E-state index contributed by atoms with van der Waals surface area (Å²) < 4.78 is 36.1. The summed E-state index contributed by atoms with van der Waals surface area (Å²) in [6.07, 6.45) is 0.842. The SMILES string of the molecule is CCOCCCNC(=O)[C@@H]1CN(S(C)(=O)=O)c2cc(Cl)ccc2O1. The molecule has 1 N–H and O–H groups in total. The van der Waals surface area contributed by atoms with Crippen molar-refractivity contribution < 1.29 is 22.7 Å². The van der Waals surface area contributed by atoms with Crippen LogP contribution in [0.25, 0.3) is 0 Å². The fourth-order valence-electron chi connectivity index (χ4n) is 2.32. The summed E-state index contributed by atoms with van der Waals surface area (Å²) >= 11 is 5.93. The van der Waals surface area contributed by atoms with Gasteiger partial charge in [-0.1, -0.05) is 11.6 Å². The topological polar surface area (TPSA) is 84.9 Å². The number of hydrogen-bond acceptors (Lipinski definition) is 5. The first kappa shape index (κ1) is 18.8. The third-order valence-electron chi connectivity index (χ3n) is 3.45. The largest absolute Gasteiger partial charge is 0.476 e. The van der Waals surface area contributed by atoms with Crippen molar-refractivity contribution in [3.05, 3.63) is 23.2 Å². The first-order valence-corrected chi connectivity index (χ1v) is 9.85. The second-order valence-electron chi connectivity index (χ2n) is 5.35. The Bertz CT molecular complexity index is 695. The maximum Gasteiger partial charge on any atom is 0.263 e. The molecular formula is C15H21ClN2O5S. The molecule has 9 heteroatoms. The first-order valence-electron chi connectivity index (χ1n) is 7.62. The van der Waals surface area contributed by atoms with Crippen LogP contribution in [0.5, 0.6) is 5.75 Å². The Labute approximate surface area is 146 Å². The minimum absolute atomic E-state index is 0.0938. The van der Waals surface area contributed by atoms with Crippen LogP contribution in [0, 0.1) is 0 Å². The third-order valence-corrected chi connectivity index (χ3v) is 4.83. The van der Waals surface area contributed by atoms with E-state index >= 15 is 0 Å². The monoisotopic (exact) mass is 376 g/mol. The number of fused-ring (bicyclic) bond motifs is 1. The molecule has 0 spiro atoms. The summed E-state index contributed by atoms with van der Waals surface area (Å²) in [5, 5.41) is 3.13. The number of hydrogen-bond donors (Lipinski definition) is 1. The second kappa shape index (κ2) is 8.04. The maximum absolute atomic E-state index is 12.3. The predicted octanol–water partition coefficient (Wildman–Crippen LogP) is 1.41. The zero-order valence-corrected chi connectivity index (χ0v) is 15.2. The van der Waals surface area contributed by atoms with Crippen molar-refractivity contribution in [1.29, 1.82) is 0 Å². The zero-order chi connectivity index (χ0) is 17.7. The van der Waals surface area contributed by atoms with Gasteiger partial charge < -0.3 is 14.8 Å². The highest BCUT2D eigenvalue weighted by atomic mass is 35.5. The van der Waals surface area contributed by atoms with Gasteiger partial charge in [-0.25, -0.2) is 8.42 Å². The Kier molecular flexibility index (Phi) is 6.31. The van der Waals surface area contributed by atoms with Crippen LogP contribution in [0.2, 0.25) is 5.02 Å². The molecule has 1 heterocycles.